The molecule has 1 aromatic rings. The van der Waals surface area contributed by atoms with Gasteiger partial charge in [0.2, 0.25) is 0 Å². The van der Waals surface area contributed by atoms with Gasteiger partial charge in [0.1, 0.15) is 5.76 Å². The molecule has 0 fully saturated rings. The zero-order valence-electron chi connectivity index (χ0n) is 8.70. The summed E-state index contributed by atoms with van der Waals surface area (Å²) in [5.41, 5.74) is -0.900. The molecule has 0 radical (unpaired) electrons. The number of hydrogen-bond donors (Lipinski definition) is 0. The van der Waals surface area contributed by atoms with Gasteiger partial charge in [-0.2, -0.15) is 13.2 Å². The van der Waals surface area contributed by atoms with E-state index in [1.165, 1.54) is 6.92 Å². The van der Waals surface area contributed by atoms with Gasteiger partial charge in [0.15, 0.2) is 11.6 Å². The summed E-state index contributed by atoms with van der Waals surface area (Å²) >= 11 is 0. The number of nitrogens with zero attached hydrogens (tertiary/aromatic N) is 1. The molecule has 1 heterocycles. The number of rotatable bonds is 1. The summed E-state index contributed by atoms with van der Waals surface area (Å²) in [6, 6.07) is 0. The van der Waals surface area contributed by atoms with E-state index in [-0.39, 0.29) is 18.1 Å². The lowest BCUT2D eigenvalue weighted by Crippen LogP contribution is -2.08. The molecule has 2 nitrogen and oxygen atoms in total. The van der Waals surface area contributed by atoms with E-state index >= 15 is 0 Å². The second-order valence-electron chi connectivity index (χ2n) is 2.36. The normalized spacial score (nSPS) is 10.8. The van der Waals surface area contributed by atoms with E-state index in [1.807, 2.05) is 13.8 Å². The molecule has 82 valence electrons. The summed E-state index contributed by atoms with van der Waals surface area (Å²) < 4.78 is 41.1. The SMILES string of the molecule is CC.CCc1oc(C)nc1C(F)(F)F. The van der Waals surface area contributed by atoms with E-state index in [1.54, 1.807) is 6.92 Å². The third kappa shape index (κ3) is 3.05. The van der Waals surface area contributed by atoms with Gasteiger partial charge in [-0.15, -0.1) is 0 Å². The molecule has 14 heavy (non-hydrogen) atoms. The maximum Gasteiger partial charge on any atom is 0.436 e. The Balaban J connectivity index is 0.000000791. The minimum atomic E-state index is -4.40. The summed E-state index contributed by atoms with van der Waals surface area (Å²) in [7, 11) is 0. The fourth-order valence-electron chi connectivity index (χ4n) is 0.930. The van der Waals surface area contributed by atoms with Crippen molar-refractivity contribution in [1.29, 1.82) is 0 Å². The molecule has 1 aromatic heterocycles. The van der Waals surface area contributed by atoms with Crippen LogP contribution in [0.3, 0.4) is 0 Å². The van der Waals surface area contributed by atoms with Crippen molar-refractivity contribution in [1.82, 2.24) is 4.98 Å². The predicted molar refractivity (Wildman–Crippen MR) is 47.0 cm³/mol. The summed E-state index contributed by atoms with van der Waals surface area (Å²) in [5, 5.41) is 0. The first-order valence-corrected chi connectivity index (χ1v) is 4.48. The molecule has 0 unspecified atom stereocenters. The van der Waals surface area contributed by atoms with Crippen LogP contribution in [0.4, 0.5) is 13.2 Å². The Morgan fingerprint density at radius 3 is 2.07 bits per heavy atom. The number of hydrogen-bond acceptors (Lipinski definition) is 2. The molecular weight excluding hydrogens is 195 g/mol. The van der Waals surface area contributed by atoms with Gasteiger partial charge in [-0.3, -0.25) is 0 Å². The third-order valence-corrected chi connectivity index (χ3v) is 1.39. The van der Waals surface area contributed by atoms with Crippen LogP contribution in [0.1, 0.15) is 38.1 Å². The van der Waals surface area contributed by atoms with Crippen molar-refractivity contribution in [2.75, 3.05) is 0 Å². The van der Waals surface area contributed by atoms with E-state index in [0.717, 1.165) is 0 Å². The smallest absolute Gasteiger partial charge is 0.436 e. The lowest BCUT2D eigenvalue weighted by atomic mass is 10.3. The fraction of sp³-hybridized carbons (Fsp3) is 0.667. The molecule has 1 rings (SSSR count). The first-order valence-electron chi connectivity index (χ1n) is 4.48. The number of aryl methyl sites for hydroxylation is 2. The second kappa shape index (κ2) is 5.02. The van der Waals surface area contributed by atoms with E-state index in [9.17, 15) is 13.2 Å². The van der Waals surface area contributed by atoms with Gasteiger partial charge < -0.3 is 4.42 Å². The monoisotopic (exact) mass is 209 g/mol. The zero-order valence-corrected chi connectivity index (χ0v) is 8.70. The summed E-state index contributed by atoms with van der Waals surface area (Å²) in [4.78, 5) is 3.26. The molecule has 0 saturated heterocycles. The Kier molecular flexibility index (Phi) is 4.67. The first kappa shape index (κ1) is 13.0. The van der Waals surface area contributed by atoms with E-state index in [2.05, 4.69) is 4.98 Å². The van der Waals surface area contributed by atoms with Crippen molar-refractivity contribution in [2.45, 2.75) is 40.3 Å². The zero-order chi connectivity index (χ0) is 11.4. The van der Waals surface area contributed by atoms with Gasteiger partial charge in [0.05, 0.1) is 0 Å². The van der Waals surface area contributed by atoms with Crippen LogP contribution in [0.15, 0.2) is 4.42 Å². The van der Waals surface area contributed by atoms with Crippen molar-refractivity contribution in [3.63, 3.8) is 0 Å². The Morgan fingerprint density at radius 2 is 1.79 bits per heavy atom. The molecule has 0 bridgehead atoms. The number of halogens is 3. The van der Waals surface area contributed by atoms with Crippen molar-refractivity contribution in [3.05, 3.63) is 17.3 Å². The molecule has 0 spiro atoms. The van der Waals surface area contributed by atoms with Crippen molar-refractivity contribution in [3.8, 4) is 0 Å². The maximum atomic E-state index is 12.1. The number of aromatic nitrogens is 1. The van der Waals surface area contributed by atoms with Crippen LogP contribution in [-0.4, -0.2) is 4.98 Å². The average Bonchev–Trinajstić information content (AvgIpc) is 2.49. The number of alkyl halides is 3. The van der Waals surface area contributed by atoms with Gasteiger partial charge in [-0.05, 0) is 0 Å². The van der Waals surface area contributed by atoms with Crippen molar-refractivity contribution < 1.29 is 17.6 Å². The third-order valence-electron chi connectivity index (χ3n) is 1.39. The maximum absolute atomic E-state index is 12.1. The highest BCUT2D eigenvalue weighted by molar-refractivity contribution is 5.13. The van der Waals surface area contributed by atoms with Gasteiger partial charge in [0.25, 0.3) is 0 Å². The first-order chi connectivity index (χ1) is 6.45. The van der Waals surface area contributed by atoms with Crippen LogP contribution in [0.5, 0.6) is 0 Å². The Morgan fingerprint density at radius 1 is 1.29 bits per heavy atom. The molecule has 0 atom stereocenters. The summed E-state index contributed by atoms with van der Waals surface area (Å²) in [5.74, 6) is -0.0424. The topological polar surface area (TPSA) is 26.0 Å². The molecular formula is C9H14F3NO. The van der Waals surface area contributed by atoms with Crippen molar-refractivity contribution in [2.24, 2.45) is 0 Å². The van der Waals surface area contributed by atoms with Crippen molar-refractivity contribution >= 4 is 0 Å². The minimum absolute atomic E-state index is 0.0548. The van der Waals surface area contributed by atoms with E-state index < -0.39 is 11.9 Å². The molecule has 0 N–H and O–H groups in total. The van der Waals surface area contributed by atoms with Gasteiger partial charge in [-0.25, -0.2) is 4.98 Å². The number of oxazole rings is 1. The minimum Gasteiger partial charge on any atom is -0.445 e. The van der Waals surface area contributed by atoms with Gasteiger partial charge in [0, 0.05) is 13.3 Å². The van der Waals surface area contributed by atoms with Crippen LogP contribution in [0.25, 0.3) is 0 Å². The molecule has 0 aliphatic rings. The molecule has 0 aromatic carbocycles. The quantitative estimate of drug-likeness (QED) is 0.706. The van der Waals surface area contributed by atoms with E-state index in [4.69, 9.17) is 4.42 Å². The summed E-state index contributed by atoms with van der Waals surface area (Å²) in [6.07, 6.45) is -4.20. The summed E-state index contributed by atoms with van der Waals surface area (Å²) in [6.45, 7) is 6.99. The second-order valence-corrected chi connectivity index (χ2v) is 2.36. The highest BCUT2D eigenvalue weighted by Crippen LogP contribution is 2.31. The molecule has 0 amide bonds. The molecule has 5 heteroatoms. The highest BCUT2D eigenvalue weighted by atomic mass is 19.4. The Hall–Kier alpha value is -1.00. The predicted octanol–water partition coefficient (Wildman–Crippen LogP) is 3.59. The molecule has 0 aliphatic heterocycles. The standard InChI is InChI=1S/C7H8F3NO.C2H6/c1-3-5-6(7(8,9)10)11-4(2)12-5;1-2/h3H2,1-2H3;1-2H3. The van der Waals surface area contributed by atoms with Crippen LogP contribution in [-0.2, 0) is 12.6 Å². The average molecular weight is 209 g/mol. The molecule has 0 aliphatic carbocycles. The highest BCUT2D eigenvalue weighted by Gasteiger charge is 2.37. The van der Waals surface area contributed by atoms with Crippen LogP contribution < -0.4 is 0 Å². The van der Waals surface area contributed by atoms with Crippen LogP contribution in [0.2, 0.25) is 0 Å². The Bertz CT molecular complexity index is 278. The van der Waals surface area contributed by atoms with Crippen LogP contribution in [0, 0.1) is 6.92 Å². The van der Waals surface area contributed by atoms with Gasteiger partial charge in [-0.1, -0.05) is 20.8 Å². The molecule has 0 saturated carbocycles. The Labute approximate surface area is 81.1 Å². The lowest BCUT2D eigenvalue weighted by Gasteiger charge is -2.01. The van der Waals surface area contributed by atoms with Crippen LogP contribution >= 0.6 is 0 Å². The largest absolute Gasteiger partial charge is 0.445 e. The fourth-order valence-corrected chi connectivity index (χ4v) is 0.930. The van der Waals surface area contributed by atoms with E-state index in [0.29, 0.717) is 0 Å². The lowest BCUT2D eigenvalue weighted by molar-refractivity contribution is -0.141. The van der Waals surface area contributed by atoms with Gasteiger partial charge >= 0.3 is 6.18 Å².